The predicted molar refractivity (Wildman–Crippen MR) is 70.8 cm³/mol. The number of amides is 1. The zero-order valence-corrected chi connectivity index (χ0v) is 10.7. The maximum absolute atomic E-state index is 11.7. The van der Waals surface area contributed by atoms with Gasteiger partial charge in [-0.15, -0.1) is 0 Å². The molecule has 19 heavy (non-hydrogen) atoms. The van der Waals surface area contributed by atoms with Gasteiger partial charge in [-0.3, -0.25) is 4.79 Å². The number of fused-ring (bicyclic) bond motifs is 1. The van der Waals surface area contributed by atoms with Gasteiger partial charge in [0.1, 0.15) is 11.4 Å². The lowest BCUT2D eigenvalue weighted by Gasteiger charge is -2.37. The molecule has 2 aliphatic heterocycles. The third kappa shape index (κ3) is 2.02. The number of hydrogen-bond donors (Lipinski definition) is 1. The SMILES string of the molecule is C=CC(=O)N1CCC2(CC(O)c3ccccc3O2)C1. The average Bonchev–Trinajstić information content (AvgIpc) is 2.81. The first kappa shape index (κ1) is 12.2. The maximum atomic E-state index is 11.7. The summed E-state index contributed by atoms with van der Waals surface area (Å²) >= 11 is 0. The Kier molecular flexibility index (Phi) is 2.82. The minimum Gasteiger partial charge on any atom is -0.485 e. The highest BCUT2D eigenvalue weighted by Gasteiger charge is 2.46. The van der Waals surface area contributed by atoms with Gasteiger partial charge >= 0.3 is 0 Å². The van der Waals surface area contributed by atoms with E-state index in [1.807, 2.05) is 24.3 Å². The fourth-order valence-electron chi connectivity index (χ4n) is 3.00. The molecule has 2 heterocycles. The van der Waals surface area contributed by atoms with Gasteiger partial charge in [-0.1, -0.05) is 24.8 Å². The number of rotatable bonds is 1. The van der Waals surface area contributed by atoms with E-state index in [1.165, 1.54) is 6.08 Å². The molecule has 1 amide bonds. The van der Waals surface area contributed by atoms with Crippen molar-refractivity contribution in [2.45, 2.75) is 24.5 Å². The van der Waals surface area contributed by atoms with Crippen LogP contribution in [0.3, 0.4) is 0 Å². The number of benzene rings is 1. The normalized spacial score (nSPS) is 28.9. The summed E-state index contributed by atoms with van der Waals surface area (Å²) in [7, 11) is 0. The van der Waals surface area contributed by atoms with Crippen LogP contribution in [0.2, 0.25) is 0 Å². The first-order valence-corrected chi connectivity index (χ1v) is 6.51. The molecular weight excluding hydrogens is 242 g/mol. The standard InChI is InChI=1S/C15H17NO3/c1-2-14(18)16-8-7-15(10-16)9-12(17)11-5-3-4-6-13(11)19-15/h2-6,12,17H,1,7-10H2. The summed E-state index contributed by atoms with van der Waals surface area (Å²) in [5.74, 6) is 0.656. The van der Waals surface area contributed by atoms with Crippen molar-refractivity contribution in [2.24, 2.45) is 0 Å². The molecule has 3 rings (SSSR count). The van der Waals surface area contributed by atoms with E-state index < -0.39 is 11.7 Å². The van der Waals surface area contributed by atoms with Gasteiger partial charge in [0.25, 0.3) is 0 Å². The van der Waals surface area contributed by atoms with Crippen molar-refractivity contribution in [2.75, 3.05) is 13.1 Å². The van der Waals surface area contributed by atoms with Gasteiger partial charge < -0.3 is 14.7 Å². The number of ether oxygens (including phenoxy) is 1. The van der Waals surface area contributed by atoms with E-state index in [4.69, 9.17) is 4.74 Å². The van der Waals surface area contributed by atoms with E-state index in [-0.39, 0.29) is 5.91 Å². The molecule has 1 aromatic carbocycles. The van der Waals surface area contributed by atoms with Gasteiger partial charge in [0.05, 0.1) is 12.6 Å². The largest absolute Gasteiger partial charge is 0.485 e. The Hall–Kier alpha value is -1.81. The Labute approximate surface area is 112 Å². The third-order valence-electron chi connectivity index (χ3n) is 3.97. The molecule has 0 bridgehead atoms. The second-order valence-corrected chi connectivity index (χ2v) is 5.26. The molecule has 4 heteroatoms. The minimum atomic E-state index is -0.524. The topological polar surface area (TPSA) is 49.8 Å². The highest BCUT2D eigenvalue weighted by molar-refractivity contribution is 5.87. The zero-order chi connectivity index (χ0) is 13.5. The molecule has 0 aliphatic carbocycles. The van der Waals surface area contributed by atoms with Gasteiger partial charge in [-0.2, -0.15) is 0 Å². The monoisotopic (exact) mass is 259 g/mol. The van der Waals surface area contributed by atoms with E-state index in [1.54, 1.807) is 4.90 Å². The van der Waals surface area contributed by atoms with Gasteiger partial charge in [-0.25, -0.2) is 0 Å². The van der Waals surface area contributed by atoms with Crippen molar-refractivity contribution in [1.82, 2.24) is 4.90 Å². The second kappa shape index (κ2) is 4.38. The molecule has 0 radical (unpaired) electrons. The first-order valence-electron chi connectivity index (χ1n) is 6.51. The van der Waals surface area contributed by atoms with Crippen LogP contribution in [0, 0.1) is 0 Å². The van der Waals surface area contributed by atoms with Crippen LogP contribution in [0.1, 0.15) is 24.5 Å². The number of aliphatic hydroxyl groups excluding tert-OH is 1. The van der Waals surface area contributed by atoms with Crippen molar-refractivity contribution in [1.29, 1.82) is 0 Å². The summed E-state index contributed by atoms with van der Waals surface area (Å²) in [6.07, 6.45) is 2.08. The highest BCUT2D eigenvalue weighted by Crippen LogP contribution is 2.43. The van der Waals surface area contributed by atoms with Crippen LogP contribution in [-0.4, -0.2) is 34.6 Å². The van der Waals surface area contributed by atoms with Crippen molar-refractivity contribution in [3.63, 3.8) is 0 Å². The lowest BCUT2D eigenvalue weighted by molar-refractivity contribution is -0.126. The highest BCUT2D eigenvalue weighted by atomic mass is 16.5. The van der Waals surface area contributed by atoms with Crippen LogP contribution in [-0.2, 0) is 4.79 Å². The molecular formula is C15H17NO3. The maximum Gasteiger partial charge on any atom is 0.246 e. The predicted octanol–water partition coefficient (Wildman–Crippen LogP) is 1.66. The summed E-state index contributed by atoms with van der Waals surface area (Å²) in [5, 5.41) is 10.3. The first-order chi connectivity index (χ1) is 9.13. The van der Waals surface area contributed by atoms with E-state index in [0.717, 1.165) is 17.7 Å². The number of nitrogens with zero attached hydrogens (tertiary/aromatic N) is 1. The molecule has 1 aromatic rings. The Morgan fingerprint density at radius 2 is 2.32 bits per heavy atom. The van der Waals surface area contributed by atoms with E-state index >= 15 is 0 Å². The lowest BCUT2D eigenvalue weighted by atomic mass is 9.88. The lowest BCUT2D eigenvalue weighted by Crippen LogP contribution is -2.44. The molecule has 2 atom stereocenters. The van der Waals surface area contributed by atoms with E-state index in [2.05, 4.69) is 6.58 Å². The molecule has 1 spiro atoms. The van der Waals surface area contributed by atoms with Crippen LogP contribution < -0.4 is 4.74 Å². The van der Waals surface area contributed by atoms with Crippen LogP contribution in [0.5, 0.6) is 5.75 Å². The van der Waals surface area contributed by atoms with Crippen molar-refractivity contribution >= 4 is 5.91 Å². The summed E-state index contributed by atoms with van der Waals surface area (Å²) in [6, 6.07) is 7.55. The molecule has 0 saturated carbocycles. The average molecular weight is 259 g/mol. The molecule has 2 unspecified atom stereocenters. The van der Waals surface area contributed by atoms with Gasteiger partial charge in [-0.05, 0) is 12.1 Å². The number of hydrogen-bond acceptors (Lipinski definition) is 3. The molecule has 100 valence electrons. The third-order valence-corrected chi connectivity index (χ3v) is 3.97. The Balaban J connectivity index is 1.85. The Morgan fingerprint density at radius 1 is 1.53 bits per heavy atom. The number of carbonyl (C=O) groups is 1. The van der Waals surface area contributed by atoms with Crippen LogP contribution in [0.25, 0.3) is 0 Å². The van der Waals surface area contributed by atoms with E-state index in [9.17, 15) is 9.90 Å². The second-order valence-electron chi connectivity index (χ2n) is 5.26. The minimum absolute atomic E-state index is 0.0752. The zero-order valence-electron chi connectivity index (χ0n) is 10.7. The quantitative estimate of drug-likeness (QED) is 0.780. The molecule has 1 N–H and O–H groups in total. The van der Waals surface area contributed by atoms with E-state index in [0.29, 0.717) is 19.5 Å². The van der Waals surface area contributed by atoms with Crippen molar-refractivity contribution < 1.29 is 14.6 Å². The number of carbonyl (C=O) groups excluding carboxylic acids is 1. The number of para-hydroxylation sites is 1. The van der Waals surface area contributed by atoms with Gasteiger partial charge in [0.15, 0.2) is 0 Å². The summed E-state index contributed by atoms with van der Waals surface area (Å²) < 4.78 is 6.09. The summed E-state index contributed by atoms with van der Waals surface area (Å²) in [4.78, 5) is 13.4. The van der Waals surface area contributed by atoms with Crippen LogP contribution in [0.4, 0.5) is 0 Å². The summed E-state index contributed by atoms with van der Waals surface area (Å²) in [6.45, 7) is 4.68. The Bertz CT molecular complexity index is 528. The van der Waals surface area contributed by atoms with Crippen LogP contribution in [0.15, 0.2) is 36.9 Å². The van der Waals surface area contributed by atoms with Gasteiger partial charge in [0, 0.05) is 24.9 Å². The molecule has 0 aromatic heterocycles. The van der Waals surface area contributed by atoms with Crippen molar-refractivity contribution in [3.8, 4) is 5.75 Å². The molecule has 1 saturated heterocycles. The Morgan fingerprint density at radius 3 is 3.11 bits per heavy atom. The van der Waals surface area contributed by atoms with Crippen LogP contribution >= 0.6 is 0 Å². The number of aliphatic hydroxyl groups is 1. The smallest absolute Gasteiger partial charge is 0.246 e. The molecule has 4 nitrogen and oxygen atoms in total. The molecule has 1 fully saturated rings. The summed E-state index contributed by atoms with van der Waals surface area (Å²) in [5.41, 5.74) is 0.383. The fourth-order valence-corrected chi connectivity index (χ4v) is 3.00. The fraction of sp³-hybridized carbons (Fsp3) is 0.400. The van der Waals surface area contributed by atoms with Crippen molar-refractivity contribution in [3.05, 3.63) is 42.5 Å². The number of likely N-dealkylation sites (tertiary alicyclic amines) is 1. The van der Waals surface area contributed by atoms with Gasteiger partial charge in [0.2, 0.25) is 5.91 Å². The molecule has 2 aliphatic rings.